The van der Waals surface area contributed by atoms with Gasteiger partial charge in [-0.1, -0.05) is 11.6 Å². The molecule has 10 heteroatoms. The van der Waals surface area contributed by atoms with E-state index in [1.807, 2.05) is 12.1 Å². The van der Waals surface area contributed by atoms with Crippen molar-refractivity contribution in [2.75, 3.05) is 54.2 Å². The monoisotopic (exact) mass is 467 g/mol. The summed E-state index contributed by atoms with van der Waals surface area (Å²) in [7, 11) is -2.29. The van der Waals surface area contributed by atoms with Crippen molar-refractivity contribution in [2.24, 2.45) is 0 Å². The van der Waals surface area contributed by atoms with Gasteiger partial charge in [0.15, 0.2) is 0 Å². The maximum Gasteiger partial charge on any atom is 0.247 e. The Morgan fingerprint density at radius 1 is 1.19 bits per heavy atom. The molecule has 0 bridgehead atoms. The summed E-state index contributed by atoms with van der Waals surface area (Å²) in [6.45, 7) is 4.53. The number of hydrogen-bond donors (Lipinski definition) is 1. The van der Waals surface area contributed by atoms with E-state index in [4.69, 9.17) is 21.1 Å². The molecule has 1 atom stereocenters. The summed E-state index contributed by atoms with van der Waals surface area (Å²) in [5.74, 6) is -0.0483. The molecular formula is C21H26ClN3O5S. The van der Waals surface area contributed by atoms with Gasteiger partial charge in [0.05, 0.1) is 37.3 Å². The molecular weight excluding hydrogens is 442 g/mol. The maximum atomic E-state index is 12.9. The summed E-state index contributed by atoms with van der Waals surface area (Å²) in [6, 6.07) is 11.0. The van der Waals surface area contributed by atoms with E-state index in [9.17, 15) is 13.2 Å². The standard InChI is InChI=1S/C21H26ClN3O5S/c1-15(25(31(3,27)28)18-8-9-20(29-2)19(22)14-18)21(26)23-16-4-6-17(7-5-16)24-10-12-30-13-11-24/h4-9,14-15H,10-13H2,1-3H3,(H,23,26). The van der Waals surface area contributed by atoms with Gasteiger partial charge in [-0.05, 0) is 49.4 Å². The molecule has 1 fully saturated rings. The fourth-order valence-corrected chi connectivity index (χ4v) is 4.84. The summed E-state index contributed by atoms with van der Waals surface area (Å²) in [5.41, 5.74) is 1.90. The number of anilines is 3. The molecule has 0 aliphatic carbocycles. The van der Waals surface area contributed by atoms with Crippen LogP contribution in [0.25, 0.3) is 0 Å². The van der Waals surface area contributed by atoms with Gasteiger partial charge < -0.3 is 19.7 Å². The second-order valence-corrected chi connectivity index (χ2v) is 9.46. The van der Waals surface area contributed by atoms with Crippen molar-refractivity contribution in [3.8, 4) is 5.75 Å². The molecule has 1 unspecified atom stereocenters. The number of rotatable bonds is 7. The number of ether oxygens (including phenoxy) is 2. The van der Waals surface area contributed by atoms with Crippen molar-refractivity contribution in [3.63, 3.8) is 0 Å². The summed E-state index contributed by atoms with van der Waals surface area (Å²) in [5, 5.41) is 3.04. The molecule has 8 nitrogen and oxygen atoms in total. The van der Waals surface area contributed by atoms with E-state index in [1.54, 1.807) is 24.3 Å². The third-order valence-electron chi connectivity index (χ3n) is 4.99. The van der Waals surface area contributed by atoms with E-state index in [0.717, 1.165) is 29.3 Å². The number of methoxy groups -OCH3 is 1. The third-order valence-corrected chi connectivity index (χ3v) is 6.53. The number of carbonyl (C=O) groups excluding carboxylic acids is 1. The predicted octanol–water partition coefficient (Wildman–Crippen LogP) is 2.98. The first-order chi connectivity index (χ1) is 14.7. The lowest BCUT2D eigenvalue weighted by Gasteiger charge is -2.29. The van der Waals surface area contributed by atoms with Gasteiger partial charge >= 0.3 is 0 Å². The topological polar surface area (TPSA) is 88.2 Å². The summed E-state index contributed by atoms with van der Waals surface area (Å²) < 4.78 is 36.5. The Labute approximate surface area is 187 Å². The van der Waals surface area contributed by atoms with E-state index in [-0.39, 0.29) is 10.7 Å². The Balaban J connectivity index is 1.76. The molecule has 0 radical (unpaired) electrons. The fraction of sp³-hybridized carbons (Fsp3) is 0.381. The lowest BCUT2D eigenvalue weighted by atomic mass is 10.2. The van der Waals surface area contributed by atoms with Crippen molar-refractivity contribution in [2.45, 2.75) is 13.0 Å². The smallest absolute Gasteiger partial charge is 0.247 e. The molecule has 1 amide bonds. The quantitative estimate of drug-likeness (QED) is 0.673. The first-order valence-electron chi connectivity index (χ1n) is 9.77. The minimum Gasteiger partial charge on any atom is -0.495 e. The molecule has 168 valence electrons. The van der Waals surface area contributed by atoms with Crippen LogP contribution in [0.1, 0.15) is 6.92 Å². The van der Waals surface area contributed by atoms with Crippen LogP contribution in [0.3, 0.4) is 0 Å². The number of hydrogen-bond acceptors (Lipinski definition) is 6. The molecule has 1 aliphatic heterocycles. The number of amides is 1. The normalized spacial score (nSPS) is 15.3. The highest BCUT2D eigenvalue weighted by molar-refractivity contribution is 7.92. The van der Waals surface area contributed by atoms with Gasteiger partial charge in [-0.3, -0.25) is 9.10 Å². The first-order valence-corrected chi connectivity index (χ1v) is 12.0. The molecule has 31 heavy (non-hydrogen) atoms. The van der Waals surface area contributed by atoms with Crippen molar-refractivity contribution < 1.29 is 22.7 Å². The molecule has 0 spiro atoms. The van der Waals surface area contributed by atoms with Crippen molar-refractivity contribution in [1.82, 2.24) is 0 Å². The van der Waals surface area contributed by atoms with Gasteiger partial charge in [-0.2, -0.15) is 0 Å². The largest absolute Gasteiger partial charge is 0.495 e. The van der Waals surface area contributed by atoms with Gasteiger partial charge in [-0.25, -0.2) is 8.42 Å². The summed E-state index contributed by atoms with van der Waals surface area (Å²) >= 11 is 6.16. The van der Waals surface area contributed by atoms with E-state index in [1.165, 1.54) is 20.1 Å². The van der Waals surface area contributed by atoms with Crippen LogP contribution in [0.2, 0.25) is 5.02 Å². The van der Waals surface area contributed by atoms with Crippen LogP contribution in [0.4, 0.5) is 17.1 Å². The minimum absolute atomic E-state index is 0.250. The molecule has 1 heterocycles. The summed E-state index contributed by atoms with van der Waals surface area (Å²) in [4.78, 5) is 15.1. The highest BCUT2D eigenvalue weighted by atomic mass is 35.5. The molecule has 3 rings (SSSR count). The van der Waals surface area contributed by atoms with Crippen molar-refractivity contribution >= 4 is 44.6 Å². The van der Waals surface area contributed by atoms with Crippen LogP contribution in [0, 0.1) is 0 Å². The third kappa shape index (κ3) is 5.61. The van der Waals surface area contributed by atoms with Crippen LogP contribution in [-0.2, 0) is 19.6 Å². The molecule has 1 N–H and O–H groups in total. The number of sulfonamides is 1. The van der Waals surface area contributed by atoms with E-state index >= 15 is 0 Å². The Kier molecular flexibility index (Phi) is 7.30. The molecule has 0 saturated carbocycles. The Morgan fingerprint density at radius 3 is 2.39 bits per heavy atom. The number of nitrogens with zero attached hydrogens (tertiary/aromatic N) is 2. The predicted molar refractivity (Wildman–Crippen MR) is 123 cm³/mol. The van der Waals surface area contributed by atoms with Crippen LogP contribution in [0.5, 0.6) is 5.75 Å². The lowest BCUT2D eigenvalue weighted by Crippen LogP contribution is -2.45. The number of halogens is 1. The Morgan fingerprint density at radius 2 is 1.84 bits per heavy atom. The van der Waals surface area contributed by atoms with Gasteiger partial charge in [0, 0.05) is 24.5 Å². The number of nitrogens with one attached hydrogen (secondary N) is 1. The number of carbonyl (C=O) groups is 1. The lowest BCUT2D eigenvalue weighted by molar-refractivity contribution is -0.116. The van der Waals surface area contributed by atoms with Crippen molar-refractivity contribution in [3.05, 3.63) is 47.5 Å². The minimum atomic E-state index is -3.76. The van der Waals surface area contributed by atoms with Gasteiger partial charge in [0.25, 0.3) is 0 Å². The average Bonchev–Trinajstić information content (AvgIpc) is 2.74. The van der Waals surface area contributed by atoms with Crippen molar-refractivity contribution in [1.29, 1.82) is 0 Å². The second kappa shape index (κ2) is 9.76. The number of morpholine rings is 1. The van der Waals surface area contributed by atoms with Gasteiger partial charge in [-0.15, -0.1) is 0 Å². The Hall–Kier alpha value is -2.49. The average molecular weight is 468 g/mol. The van der Waals surface area contributed by atoms with Gasteiger partial charge in [0.2, 0.25) is 15.9 Å². The molecule has 2 aromatic rings. The number of benzene rings is 2. The fourth-order valence-electron chi connectivity index (χ4n) is 3.43. The summed E-state index contributed by atoms with van der Waals surface area (Å²) in [6.07, 6.45) is 1.05. The zero-order valence-corrected chi connectivity index (χ0v) is 19.2. The van der Waals surface area contributed by atoms with E-state index < -0.39 is 22.0 Å². The first kappa shape index (κ1) is 23.2. The highest BCUT2D eigenvalue weighted by Crippen LogP contribution is 2.31. The SMILES string of the molecule is COc1ccc(N(C(C)C(=O)Nc2ccc(N3CCOCC3)cc2)S(C)(=O)=O)cc1Cl. The molecule has 0 aromatic heterocycles. The van der Waals surface area contributed by atoms with E-state index in [2.05, 4.69) is 10.2 Å². The second-order valence-electron chi connectivity index (χ2n) is 7.19. The van der Waals surface area contributed by atoms with Crippen LogP contribution < -0.4 is 19.3 Å². The maximum absolute atomic E-state index is 12.9. The van der Waals surface area contributed by atoms with E-state index in [0.29, 0.717) is 24.7 Å². The Bertz CT molecular complexity index is 1020. The molecule has 1 saturated heterocycles. The zero-order chi connectivity index (χ0) is 22.6. The zero-order valence-electron chi connectivity index (χ0n) is 17.7. The van der Waals surface area contributed by atoms with Crippen LogP contribution >= 0.6 is 11.6 Å². The molecule has 1 aliphatic rings. The van der Waals surface area contributed by atoms with Gasteiger partial charge in [0.1, 0.15) is 11.8 Å². The van der Waals surface area contributed by atoms with Crippen LogP contribution in [0.15, 0.2) is 42.5 Å². The molecule has 2 aromatic carbocycles. The van der Waals surface area contributed by atoms with Crippen LogP contribution in [-0.4, -0.2) is 60.0 Å². The highest BCUT2D eigenvalue weighted by Gasteiger charge is 2.29.